The maximum absolute atomic E-state index is 12.6. The zero-order valence-electron chi connectivity index (χ0n) is 18.7. The van der Waals surface area contributed by atoms with E-state index in [0.717, 1.165) is 22.3 Å². The van der Waals surface area contributed by atoms with Crippen molar-refractivity contribution in [2.75, 3.05) is 19.0 Å². The van der Waals surface area contributed by atoms with Crippen molar-refractivity contribution in [3.63, 3.8) is 0 Å². The number of carbonyl (C=O) groups excluding carboxylic acids is 2. The summed E-state index contributed by atoms with van der Waals surface area (Å²) in [4.78, 5) is 36.5. The largest absolute Gasteiger partial charge is 0.497 e. The van der Waals surface area contributed by atoms with Gasteiger partial charge in [0.2, 0.25) is 5.91 Å². The smallest absolute Gasteiger partial charge is 0.407 e. The molecule has 0 heterocycles. The molecule has 1 atom stereocenters. The van der Waals surface area contributed by atoms with Gasteiger partial charge in [0.1, 0.15) is 18.4 Å². The second kappa shape index (κ2) is 9.66. The SMILES string of the molecule is COc1ccc(NC(=O)[C@H](C)NC(=O)OCC2c3ccccc3-c3ccccc32)c(C(=O)O)c1. The third-order valence-corrected chi connectivity index (χ3v) is 5.79. The normalized spacial score (nSPS) is 12.8. The zero-order valence-corrected chi connectivity index (χ0v) is 18.7. The Labute approximate surface area is 196 Å². The lowest BCUT2D eigenvalue weighted by Gasteiger charge is -2.18. The summed E-state index contributed by atoms with van der Waals surface area (Å²) < 4.78 is 10.5. The number of fused-ring (bicyclic) bond motifs is 3. The Hall–Kier alpha value is -4.33. The third-order valence-electron chi connectivity index (χ3n) is 5.79. The number of aromatic carboxylic acids is 1. The van der Waals surface area contributed by atoms with Crippen molar-refractivity contribution in [2.24, 2.45) is 0 Å². The minimum Gasteiger partial charge on any atom is -0.497 e. The molecule has 8 nitrogen and oxygen atoms in total. The number of amides is 2. The van der Waals surface area contributed by atoms with Gasteiger partial charge in [-0.2, -0.15) is 0 Å². The summed E-state index contributed by atoms with van der Waals surface area (Å²) in [7, 11) is 1.42. The number of carbonyl (C=O) groups is 3. The van der Waals surface area contributed by atoms with Gasteiger partial charge in [-0.05, 0) is 47.4 Å². The van der Waals surface area contributed by atoms with Gasteiger partial charge in [0.05, 0.1) is 18.4 Å². The highest BCUT2D eigenvalue weighted by Crippen LogP contribution is 2.44. The average molecular weight is 460 g/mol. The van der Waals surface area contributed by atoms with Gasteiger partial charge in [0, 0.05) is 5.92 Å². The van der Waals surface area contributed by atoms with Crippen LogP contribution >= 0.6 is 0 Å². The van der Waals surface area contributed by atoms with E-state index in [2.05, 4.69) is 10.6 Å². The van der Waals surface area contributed by atoms with E-state index in [1.165, 1.54) is 32.2 Å². The van der Waals surface area contributed by atoms with E-state index in [4.69, 9.17) is 9.47 Å². The highest BCUT2D eigenvalue weighted by molar-refractivity contribution is 6.03. The van der Waals surface area contributed by atoms with Gasteiger partial charge in [-0.1, -0.05) is 48.5 Å². The molecule has 0 bridgehead atoms. The number of carboxylic acids is 1. The minimum absolute atomic E-state index is 0.0967. The van der Waals surface area contributed by atoms with Crippen LogP contribution < -0.4 is 15.4 Å². The van der Waals surface area contributed by atoms with Gasteiger partial charge in [-0.25, -0.2) is 9.59 Å². The van der Waals surface area contributed by atoms with Crippen LogP contribution in [0.5, 0.6) is 5.75 Å². The molecule has 0 spiro atoms. The molecule has 2 amide bonds. The summed E-state index contributed by atoms with van der Waals surface area (Å²) >= 11 is 0. The Morgan fingerprint density at radius 2 is 1.59 bits per heavy atom. The first-order chi connectivity index (χ1) is 16.4. The second-order valence-corrected chi connectivity index (χ2v) is 7.90. The van der Waals surface area contributed by atoms with Gasteiger partial charge in [-0.3, -0.25) is 4.79 Å². The maximum Gasteiger partial charge on any atom is 0.407 e. The zero-order chi connectivity index (χ0) is 24.2. The van der Waals surface area contributed by atoms with E-state index in [1.54, 1.807) is 0 Å². The Bertz CT molecular complexity index is 1210. The van der Waals surface area contributed by atoms with E-state index in [9.17, 15) is 19.5 Å². The molecule has 3 N–H and O–H groups in total. The molecule has 0 saturated carbocycles. The van der Waals surface area contributed by atoms with Crippen molar-refractivity contribution in [3.8, 4) is 16.9 Å². The van der Waals surface area contributed by atoms with Crippen molar-refractivity contribution < 1.29 is 29.0 Å². The Morgan fingerprint density at radius 3 is 2.18 bits per heavy atom. The molecule has 4 rings (SSSR count). The van der Waals surface area contributed by atoms with Crippen LogP contribution in [0, 0.1) is 0 Å². The van der Waals surface area contributed by atoms with Crippen LogP contribution in [0.15, 0.2) is 66.7 Å². The molecule has 0 saturated heterocycles. The van der Waals surface area contributed by atoms with E-state index in [-0.39, 0.29) is 23.8 Å². The first-order valence-corrected chi connectivity index (χ1v) is 10.7. The second-order valence-electron chi connectivity index (χ2n) is 7.90. The number of hydrogen-bond donors (Lipinski definition) is 3. The molecule has 1 aliphatic carbocycles. The Morgan fingerprint density at radius 1 is 0.971 bits per heavy atom. The fourth-order valence-corrected chi connectivity index (χ4v) is 4.06. The molecule has 8 heteroatoms. The van der Waals surface area contributed by atoms with Gasteiger partial charge >= 0.3 is 12.1 Å². The molecular weight excluding hydrogens is 436 g/mol. The van der Waals surface area contributed by atoms with Gasteiger partial charge in [0.25, 0.3) is 0 Å². The number of methoxy groups -OCH3 is 1. The fraction of sp³-hybridized carbons (Fsp3) is 0.192. The van der Waals surface area contributed by atoms with E-state index in [1.807, 2.05) is 48.5 Å². The first kappa shape index (κ1) is 22.8. The minimum atomic E-state index is -1.22. The molecule has 0 unspecified atom stereocenters. The predicted molar refractivity (Wildman–Crippen MR) is 126 cm³/mol. The van der Waals surface area contributed by atoms with Crippen LogP contribution in [0.25, 0.3) is 11.1 Å². The standard InChI is InChI=1S/C26H24N2O6/c1-15(24(29)28-23-12-11-16(33-2)13-21(23)25(30)31)27-26(32)34-14-22-19-9-5-3-7-17(19)18-8-4-6-10-20(18)22/h3-13,15,22H,14H2,1-2H3,(H,27,32)(H,28,29)(H,30,31)/t15-/m0/s1. The number of alkyl carbamates (subject to hydrolysis) is 1. The molecule has 0 aromatic heterocycles. The molecule has 0 aliphatic heterocycles. The first-order valence-electron chi connectivity index (χ1n) is 10.7. The lowest BCUT2D eigenvalue weighted by atomic mass is 9.98. The number of carboxylic acid groups (broad SMARTS) is 1. The fourth-order valence-electron chi connectivity index (χ4n) is 4.06. The van der Waals surface area contributed by atoms with E-state index >= 15 is 0 Å². The number of anilines is 1. The average Bonchev–Trinajstić information content (AvgIpc) is 3.16. The lowest BCUT2D eigenvalue weighted by molar-refractivity contribution is -0.117. The molecule has 3 aromatic carbocycles. The van der Waals surface area contributed by atoms with Gasteiger partial charge in [-0.15, -0.1) is 0 Å². The molecule has 34 heavy (non-hydrogen) atoms. The van der Waals surface area contributed by atoms with Gasteiger partial charge in [0.15, 0.2) is 0 Å². The number of nitrogens with one attached hydrogen (secondary N) is 2. The number of hydrogen-bond acceptors (Lipinski definition) is 5. The highest BCUT2D eigenvalue weighted by Gasteiger charge is 2.29. The molecule has 0 fully saturated rings. The van der Waals surface area contributed by atoms with Crippen molar-refractivity contribution in [3.05, 3.63) is 83.4 Å². The van der Waals surface area contributed by atoms with Gasteiger partial charge < -0.3 is 25.2 Å². The Kier molecular flexibility index (Phi) is 6.49. The number of rotatable bonds is 7. The summed E-state index contributed by atoms with van der Waals surface area (Å²) in [6, 6.07) is 19.3. The molecule has 3 aromatic rings. The summed E-state index contributed by atoms with van der Waals surface area (Å²) in [5.74, 6) is -1.55. The third kappa shape index (κ3) is 4.56. The lowest BCUT2D eigenvalue weighted by Crippen LogP contribution is -2.42. The molecule has 174 valence electrons. The summed E-state index contributed by atoms with van der Waals surface area (Å²) in [5.41, 5.74) is 4.38. The van der Waals surface area contributed by atoms with Crippen molar-refractivity contribution in [2.45, 2.75) is 18.9 Å². The van der Waals surface area contributed by atoms with Crippen molar-refractivity contribution in [1.82, 2.24) is 5.32 Å². The molecular formula is C26H24N2O6. The van der Waals surface area contributed by atoms with Crippen molar-refractivity contribution in [1.29, 1.82) is 0 Å². The Balaban J connectivity index is 1.38. The number of benzene rings is 3. The van der Waals surface area contributed by atoms with Crippen LogP contribution in [-0.4, -0.2) is 42.8 Å². The van der Waals surface area contributed by atoms with Crippen molar-refractivity contribution >= 4 is 23.7 Å². The summed E-state index contributed by atoms with van der Waals surface area (Å²) in [5, 5.41) is 14.4. The van der Waals surface area contributed by atoms with Crippen LogP contribution in [0.2, 0.25) is 0 Å². The number of ether oxygens (including phenoxy) is 2. The van der Waals surface area contributed by atoms with Crippen LogP contribution in [0.4, 0.5) is 10.5 Å². The van der Waals surface area contributed by atoms with Crippen LogP contribution in [0.1, 0.15) is 34.3 Å². The highest BCUT2D eigenvalue weighted by atomic mass is 16.5. The quantitative estimate of drug-likeness (QED) is 0.486. The van der Waals surface area contributed by atoms with E-state index in [0.29, 0.717) is 5.75 Å². The maximum atomic E-state index is 12.6. The van der Waals surface area contributed by atoms with Crippen LogP contribution in [-0.2, 0) is 9.53 Å². The molecule has 0 radical (unpaired) electrons. The van der Waals surface area contributed by atoms with Crippen LogP contribution in [0.3, 0.4) is 0 Å². The summed E-state index contributed by atoms with van der Waals surface area (Å²) in [6.07, 6.45) is -0.738. The van der Waals surface area contributed by atoms with E-state index < -0.39 is 24.0 Å². The monoisotopic (exact) mass is 460 g/mol. The topological polar surface area (TPSA) is 114 Å². The summed E-state index contributed by atoms with van der Waals surface area (Å²) in [6.45, 7) is 1.61. The molecule has 1 aliphatic rings. The predicted octanol–water partition coefficient (Wildman–Crippen LogP) is 4.26.